The number of hydrogen-bond donors (Lipinski definition) is 1. The Labute approximate surface area is 201 Å². The van der Waals surface area contributed by atoms with Crippen molar-refractivity contribution < 1.29 is 17.5 Å². The van der Waals surface area contributed by atoms with E-state index in [4.69, 9.17) is 4.74 Å². The molecule has 2 aromatic carbocycles. The minimum absolute atomic E-state index is 0.00804. The van der Waals surface area contributed by atoms with Crippen molar-refractivity contribution in [3.63, 3.8) is 0 Å². The van der Waals surface area contributed by atoms with Gasteiger partial charge in [0, 0.05) is 54.1 Å². The molecule has 1 aromatic heterocycles. The standard InChI is InChI=1S/C23H22FN5O3S2/c24-17-3-1-16(2-4-17)21-11-15(13-25)7-9-29(21)20-8-10-32-22-12-18(5-6-19(20)22)34(30,31)28-23-26-14-27-33-23/h1-6,12,14-15,20-21H,7-11H2,(H,26,27,28)/t15-,20-,21+/m0/s1. The monoisotopic (exact) mass is 499 g/mol. The maximum atomic E-state index is 13.6. The SMILES string of the molecule is N#C[C@H]1CCN([C@H]2CCOc3cc(S(=O)(=O)Nc4ncns4)ccc32)[C@@H](c2ccc(F)cc2)C1. The lowest BCUT2D eigenvalue weighted by Gasteiger charge is -2.44. The van der Waals surface area contributed by atoms with Gasteiger partial charge in [0.1, 0.15) is 17.9 Å². The van der Waals surface area contributed by atoms with E-state index in [1.165, 1.54) is 18.5 Å². The molecule has 0 radical (unpaired) electrons. The third-order valence-corrected chi connectivity index (χ3v) is 8.41. The Hall–Kier alpha value is -3.07. The number of piperidine rings is 1. The zero-order valence-corrected chi connectivity index (χ0v) is 19.7. The van der Waals surface area contributed by atoms with E-state index in [-0.39, 0.29) is 33.8 Å². The molecule has 1 fully saturated rings. The fourth-order valence-electron chi connectivity index (χ4n) is 4.74. The summed E-state index contributed by atoms with van der Waals surface area (Å²) in [4.78, 5) is 6.30. The summed E-state index contributed by atoms with van der Waals surface area (Å²) in [6, 6.07) is 13.7. The first-order valence-electron chi connectivity index (χ1n) is 10.9. The van der Waals surface area contributed by atoms with Crippen LogP contribution in [-0.4, -0.2) is 35.8 Å². The van der Waals surface area contributed by atoms with Crippen LogP contribution in [0.2, 0.25) is 0 Å². The molecular weight excluding hydrogens is 477 g/mol. The summed E-state index contributed by atoms with van der Waals surface area (Å²) >= 11 is 0.958. The Bertz CT molecular complexity index is 1310. The van der Waals surface area contributed by atoms with E-state index in [1.54, 1.807) is 30.3 Å². The van der Waals surface area contributed by atoms with Gasteiger partial charge in [-0.3, -0.25) is 9.62 Å². The Balaban J connectivity index is 1.46. The van der Waals surface area contributed by atoms with Gasteiger partial charge in [-0.2, -0.15) is 9.64 Å². The maximum Gasteiger partial charge on any atom is 0.263 e. The lowest BCUT2D eigenvalue weighted by molar-refractivity contribution is 0.0550. The number of fused-ring (bicyclic) bond motifs is 1. The number of ether oxygens (including phenoxy) is 1. The summed E-state index contributed by atoms with van der Waals surface area (Å²) in [6.45, 7) is 1.16. The van der Waals surface area contributed by atoms with Crippen LogP contribution in [0.25, 0.3) is 0 Å². The highest BCUT2D eigenvalue weighted by molar-refractivity contribution is 7.93. The Kier molecular flexibility index (Phi) is 6.20. The van der Waals surface area contributed by atoms with Crippen LogP contribution in [-0.2, 0) is 10.0 Å². The second-order valence-corrected chi connectivity index (χ2v) is 10.8. The molecule has 0 bridgehead atoms. The first-order valence-corrected chi connectivity index (χ1v) is 13.2. The summed E-state index contributed by atoms with van der Waals surface area (Å²) in [5.74, 6) is 0.163. The summed E-state index contributed by atoms with van der Waals surface area (Å²) < 4.78 is 51.3. The van der Waals surface area contributed by atoms with Gasteiger partial charge in [0.15, 0.2) is 0 Å². The molecule has 0 spiro atoms. The third-order valence-electron chi connectivity index (χ3n) is 6.37. The predicted molar refractivity (Wildman–Crippen MR) is 124 cm³/mol. The quantitative estimate of drug-likeness (QED) is 0.558. The molecule has 8 nitrogen and oxygen atoms in total. The number of hydrogen-bond acceptors (Lipinski definition) is 8. The molecule has 2 aliphatic heterocycles. The molecule has 176 valence electrons. The lowest BCUT2D eigenvalue weighted by atomic mass is 9.85. The molecule has 0 aliphatic carbocycles. The third kappa shape index (κ3) is 4.49. The fourth-order valence-corrected chi connectivity index (χ4v) is 6.42. The Morgan fingerprint density at radius 2 is 2.00 bits per heavy atom. The largest absolute Gasteiger partial charge is 0.493 e. The predicted octanol–water partition coefficient (Wildman–Crippen LogP) is 4.28. The van der Waals surface area contributed by atoms with E-state index < -0.39 is 10.0 Å². The number of halogens is 1. The van der Waals surface area contributed by atoms with E-state index in [2.05, 4.69) is 25.0 Å². The van der Waals surface area contributed by atoms with Crippen molar-refractivity contribution >= 4 is 26.7 Å². The van der Waals surface area contributed by atoms with E-state index in [9.17, 15) is 18.1 Å². The molecule has 0 saturated carbocycles. The normalized spacial score (nSPS) is 22.9. The van der Waals surface area contributed by atoms with Crippen molar-refractivity contribution in [3.8, 4) is 11.8 Å². The van der Waals surface area contributed by atoms with Gasteiger partial charge in [-0.05, 0) is 36.6 Å². The van der Waals surface area contributed by atoms with Crippen LogP contribution in [0.5, 0.6) is 5.75 Å². The average molecular weight is 500 g/mol. The number of nitrogens with one attached hydrogen (secondary N) is 1. The Morgan fingerprint density at radius 1 is 1.18 bits per heavy atom. The van der Waals surface area contributed by atoms with Gasteiger partial charge >= 0.3 is 0 Å². The van der Waals surface area contributed by atoms with E-state index in [1.807, 2.05) is 0 Å². The fraction of sp³-hybridized carbons (Fsp3) is 0.348. The Morgan fingerprint density at radius 3 is 2.74 bits per heavy atom. The summed E-state index contributed by atoms with van der Waals surface area (Å²) in [5, 5.41) is 9.73. The minimum atomic E-state index is -3.83. The van der Waals surface area contributed by atoms with Gasteiger partial charge in [0.25, 0.3) is 10.0 Å². The zero-order chi connectivity index (χ0) is 23.7. The molecule has 11 heteroatoms. The van der Waals surface area contributed by atoms with Crippen LogP contribution in [0, 0.1) is 23.1 Å². The van der Waals surface area contributed by atoms with Crippen molar-refractivity contribution in [2.45, 2.75) is 36.2 Å². The smallest absolute Gasteiger partial charge is 0.263 e. The van der Waals surface area contributed by atoms with Crippen LogP contribution >= 0.6 is 11.5 Å². The van der Waals surface area contributed by atoms with Crippen molar-refractivity contribution in [2.24, 2.45) is 5.92 Å². The van der Waals surface area contributed by atoms with Crippen molar-refractivity contribution in [2.75, 3.05) is 17.9 Å². The molecule has 3 atom stereocenters. The molecule has 0 unspecified atom stereocenters. The topological polar surface area (TPSA) is 108 Å². The number of sulfonamides is 1. The van der Waals surface area contributed by atoms with E-state index >= 15 is 0 Å². The van der Waals surface area contributed by atoms with Gasteiger partial charge < -0.3 is 4.74 Å². The lowest BCUT2D eigenvalue weighted by Crippen LogP contribution is -2.41. The van der Waals surface area contributed by atoms with Gasteiger partial charge in [0.05, 0.1) is 17.6 Å². The highest BCUT2D eigenvalue weighted by Crippen LogP contribution is 2.45. The second kappa shape index (κ2) is 9.29. The number of anilines is 1. The summed E-state index contributed by atoms with van der Waals surface area (Å²) in [6.07, 6.45) is 3.43. The first kappa shape index (κ1) is 22.7. The number of nitriles is 1. The molecule has 5 rings (SSSR count). The molecule has 1 N–H and O–H groups in total. The average Bonchev–Trinajstić information content (AvgIpc) is 3.36. The van der Waals surface area contributed by atoms with Crippen molar-refractivity contribution in [1.82, 2.24) is 14.3 Å². The summed E-state index contributed by atoms with van der Waals surface area (Å²) in [7, 11) is -3.83. The first-order chi connectivity index (χ1) is 16.4. The van der Waals surface area contributed by atoms with Crippen LogP contribution in [0.3, 0.4) is 0 Å². The van der Waals surface area contributed by atoms with Gasteiger partial charge in [0.2, 0.25) is 5.13 Å². The highest BCUT2D eigenvalue weighted by Gasteiger charge is 2.37. The minimum Gasteiger partial charge on any atom is -0.493 e. The van der Waals surface area contributed by atoms with Crippen molar-refractivity contribution in [3.05, 3.63) is 65.7 Å². The zero-order valence-electron chi connectivity index (χ0n) is 18.1. The number of benzene rings is 2. The van der Waals surface area contributed by atoms with Crippen LogP contribution in [0.1, 0.15) is 42.5 Å². The van der Waals surface area contributed by atoms with Crippen LogP contribution < -0.4 is 9.46 Å². The maximum absolute atomic E-state index is 13.6. The number of rotatable bonds is 5. The molecule has 2 aliphatic rings. The highest BCUT2D eigenvalue weighted by atomic mass is 32.2. The molecule has 3 aromatic rings. The van der Waals surface area contributed by atoms with E-state index in [0.29, 0.717) is 25.3 Å². The van der Waals surface area contributed by atoms with Crippen molar-refractivity contribution in [1.29, 1.82) is 5.26 Å². The second-order valence-electron chi connectivity index (χ2n) is 8.36. The molecule has 34 heavy (non-hydrogen) atoms. The van der Waals surface area contributed by atoms with E-state index in [0.717, 1.165) is 35.5 Å². The number of likely N-dealkylation sites (tertiary alicyclic amines) is 1. The summed E-state index contributed by atoms with van der Waals surface area (Å²) in [5.41, 5.74) is 1.87. The van der Waals surface area contributed by atoms with Gasteiger partial charge in [-0.15, -0.1) is 0 Å². The molecule has 3 heterocycles. The van der Waals surface area contributed by atoms with Gasteiger partial charge in [-0.25, -0.2) is 17.8 Å². The number of aromatic nitrogens is 2. The molecule has 0 amide bonds. The molecular formula is C23H22FN5O3S2. The van der Waals surface area contributed by atoms with Crippen LogP contribution in [0.4, 0.5) is 9.52 Å². The number of nitrogens with zero attached hydrogens (tertiary/aromatic N) is 4. The molecule has 1 saturated heterocycles. The van der Waals surface area contributed by atoms with Crippen LogP contribution in [0.15, 0.2) is 53.7 Å². The van der Waals surface area contributed by atoms with Gasteiger partial charge in [-0.1, -0.05) is 18.2 Å².